The molecule has 0 radical (unpaired) electrons. The standard InChI is InChI=1S/C17H21N5O3.CH5N/c1-11(2)7-15(23)24-8-12-5-6-17(9-18,25-12)14-4-3-13-16(19)20-10-21-22(13)14;1-2/h3-4,10-12H,5-8H2,1-2H3,(H2,19,20,21);2H2,1H3. The van der Waals surface area contributed by atoms with Crippen LogP contribution in [0.3, 0.4) is 0 Å². The van der Waals surface area contributed by atoms with Crippen LogP contribution in [0, 0.1) is 17.2 Å². The summed E-state index contributed by atoms with van der Waals surface area (Å²) in [6.45, 7) is 4.06. The van der Waals surface area contributed by atoms with Crippen LogP contribution < -0.4 is 11.5 Å². The Labute approximate surface area is 158 Å². The van der Waals surface area contributed by atoms with Crippen molar-refractivity contribution in [2.24, 2.45) is 11.7 Å². The van der Waals surface area contributed by atoms with E-state index in [0.717, 1.165) is 0 Å². The molecule has 1 saturated heterocycles. The largest absolute Gasteiger partial charge is 0.463 e. The molecule has 9 nitrogen and oxygen atoms in total. The van der Waals surface area contributed by atoms with Crippen molar-refractivity contribution in [3.63, 3.8) is 0 Å². The molecule has 0 bridgehead atoms. The van der Waals surface area contributed by atoms with Crippen LogP contribution in [0.25, 0.3) is 5.52 Å². The molecule has 1 aliphatic heterocycles. The zero-order chi connectivity index (χ0) is 20.0. The molecule has 0 amide bonds. The Balaban J connectivity index is 0.00000126. The molecule has 4 N–H and O–H groups in total. The number of anilines is 1. The second-order valence-corrected chi connectivity index (χ2v) is 6.66. The van der Waals surface area contributed by atoms with E-state index in [1.165, 1.54) is 13.4 Å². The summed E-state index contributed by atoms with van der Waals surface area (Å²) in [6, 6.07) is 5.80. The Hall–Kier alpha value is -2.70. The Morgan fingerprint density at radius 3 is 2.93 bits per heavy atom. The molecule has 27 heavy (non-hydrogen) atoms. The van der Waals surface area contributed by atoms with Crippen LogP contribution in [0.15, 0.2) is 18.5 Å². The van der Waals surface area contributed by atoms with Crippen LogP contribution >= 0.6 is 0 Å². The number of nitrogens with zero attached hydrogens (tertiary/aromatic N) is 4. The molecule has 0 spiro atoms. The van der Waals surface area contributed by atoms with Gasteiger partial charge in [0.1, 0.15) is 24.5 Å². The first-order valence-corrected chi connectivity index (χ1v) is 8.86. The number of fused-ring (bicyclic) bond motifs is 1. The van der Waals surface area contributed by atoms with Crippen molar-refractivity contribution < 1.29 is 14.3 Å². The van der Waals surface area contributed by atoms with E-state index in [1.807, 2.05) is 13.8 Å². The smallest absolute Gasteiger partial charge is 0.306 e. The number of rotatable bonds is 5. The molecular formula is C18H26N6O3. The van der Waals surface area contributed by atoms with Gasteiger partial charge < -0.3 is 20.9 Å². The van der Waals surface area contributed by atoms with Crippen molar-refractivity contribution in [1.82, 2.24) is 14.6 Å². The number of hydrogen-bond acceptors (Lipinski definition) is 8. The summed E-state index contributed by atoms with van der Waals surface area (Å²) in [7, 11) is 1.50. The van der Waals surface area contributed by atoms with Crippen molar-refractivity contribution >= 4 is 17.3 Å². The summed E-state index contributed by atoms with van der Waals surface area (Å²) in [5.74, 6) is 0.334. The van der Waals surface area contributed by atoms with Crippen molar-refractivity contribution in [3.05, 3.63) is 24.2 Å². The fourth-order valence-electron chi connectivity index (χ4n) is 3.05. The lowest BCUT2D eigenvalue weighted by molar-refractivity contribution is -0.149. The quantitative estimate of drug-likeness (QED) is 0.747. The maximum absolute atomic E-state index is 11.7. The fraction of sp³-hybridized carbons (Fsp3) is 0.556. The average molecular weight is 374 g/mol. The van der Waals surface area contributed by atoms with E-state index in [4.69, 9.17) is 15.2 Å². The minimum Gasteiger partial charge on any atom is -0.463 e. The molecule has 2 aromatic rings. The molecule has 3 rings (SSSR count). The Morgan fingerprint density at radius 2 is 2.26 bits per heavy atom. The molecule has 0 aliphatic carbocycles. The van der Waals surface area contributed by atoms with E-state index in [1.54, 1.807) is 16.6 Å². The highest BCUT2D eigenvalue weighted by Gasteiger charge is 2.45. The number of aromatic nitrogens is 3. The van der Waals surface area contributed by atoms with E-state index < -0.39 is 5.60 Å². The topological polar surface area (TPSA) is 142 Å². The van der Waals surface area contributed by atoms with E-state index in [0.29, 0.717) is 36.3 Å². The molecule has 0 saturated carbocycles. The van der Waals surface area contributed by atoms with Crippen molar-refractivity contribution in [1.29, 1.82) is 5.26 Å². The van der Waals surface area contributed by atoms with E-state index in [9.17, 15) is 10.1 Å². The third kappa shape index (κ3) is 4.35. The number of nitrogen functional groups attached to an aromatic ring is 1. The van der Waals surface area contributed by atoms with Gasteiger partial charge in [-0.1, -0.05) is 13.8 Å². The van der Waals surface area contributed by atoms with Crippen molar-refractivity contribution in [2.45, 2.75) is 44.8 Å². The summed E-state index contributed by atoms with van der Waals surface area (Å²) in [5, 5.41) is 13.9. The molecule has 2 aromatic heterocycles. The Morgan fingerprint density at radius 1 is 1.52 bits per heavy atom. The predicted octanol–water partition coefficient (Wildman–Crippen LogP) is 1.37. The first-order chi connectivity index (χ1) is 12.9. The van der Waals surface area contributed by atoms with Gasteiger partial charge in [-0.25, -0.2) is 9.50 Å². The van der Waals surface area contributed by atoms with E-state index in [-0.39, 0.29) is 24.6 Å². The molecule has 2 atom stereocenters. The van der Waals surface area contributed by atoms with Gasteiger partial charge in [-0.3, -0.25) is 4.79 Å². The summed E-state index contributed by atoms with van der Waals surface area (Å²) in [6.07, 6.45) is 2.51. The first kappa shape index (κ1) is 20.6. The lowest BCUT2D eigenvalue weighted by atomic mass is 9.98. The maximum Gasteiger partial charge on any atom is 0.306 e. The van der Waals surface area contributed by atoms with Crippen LogP contribution in [-0.4, -0.2) is 40.3 Å². The number of nitrogens with two attached hydrogens (primary N) is 2. The second kappa shape index (κ2) is 8.79. The number of nitriles is 1. The van der Waals surface area contributed by atoms with Crippen LogP contribution in [0.1, 0.15) is 38.8 Å². The van der Waals surface area contributed by atoms with Gasteiger partial charge >= 0.3 is 5.97 Å². The van der Waals surface area contributed by atoms with Gasteiger partial charge in [0.2, 0.25) is 0 Å². The molecule has 3 heterocycles. The number of carbonyl (C=O) groups excluding carboxylic acids is 1. The van der Waals surface area contributed by atoms with Gasteiger partial charge in [0, 0.05) is 6.42 Å². The highest BCUT2D eigenvalue weighted by Crippen LogP contribution is 2.39. The van der Waals surface area contributed by atoms with Gasteiger partial charge in [-0.2, -0.15) is 10.4 Å². The minimum atomic E-state index is -1.14. The third-order valence-electron chi connectivity index (χ3n) is 4.27. The molecule has 0 aromatic carbocycles. The van der Waals surface area contributed by atoms with E-state index >= 15 is 0 Å². The average Bonchev–Trinajstić information content (AvgIpc) is 3.27. The SMILES string of the molecule is CC(C)CC(=O)OCC1CCC(C#N)(c2ccc3c(N)ncnn23)O1.CN. The third-order valence-corrected chi connectivity index (χ3v) is 4.27. The lowest BCUT2D eigenvalue weighted by Gasteiger charge is -2.21. The van der Waals surface area contributed by atoms with Crippen molar-refractivity contribution in [2.75, 3.05) is 19.4 Å². The molecule has 1 aliphatic rings. The van der Waals surface area contributed by atoms with Gasteiger partial charge in [0.15, 0.2) is 11.4 Å². The van der Waals surface area contributed by atoms with Crippen LogP contribution in [0.2, 0.25) is 0 Å². The second-order valence-electron chi connectivity index (χ2n) is 6.66. The Bertz CT molecular complexity index is 828. The van der Waals surface area contributed by atoms with Gasteiger partial charge in [0.25, 0.3) is 0 Å². The maximum atomic E-state index is 11.7. The number of hydrogen-bond donors (Lipinski definition) is 2. The zero-order valence-corrected chi connectivity index (χ0v) is 15.9. The van der Waals surface area contributed by atoms with Gasteiger partial charge in [-0.05, 0) is 37.9 Å². The summed E-state index contributed by atoms with van der Waals surface area (Å²) >= 11 is 0. The molecule has 1 fully saturated rings. The molecule has 9 heteroatoms. The Kier molecular flexibility index (Phi) is 6.71. The van der Waals surface area contributed by atoms with E-state index in [2.05, 4.69) is 21.9 Å². The number of ether oxygens (including phenoxy) is 2. The molecule has 2 unspecified atom stereocenters. The van der Waals surface area contributed by atoms with Crippen LogP contribution in [0.5, 0.6) is 0 Å². The summed E-state index contributed by atoms with van der Waals surface area (Å²) in [5.41, 5.74) is 10.4. The summed E-state index contributed by atoms with van der Waals surface area (Å²) in [4.78, 5) is 15.7. The highest BCUT2D eigenvalue weighted by atomic mass is 16.6. The zero-order valence-electron chi connectivity index (χ0n) is 15.9. The fourth-order valence-corrected chi connectivity index (χ4v) is 3.05. The minimum absolute atomic E-state index is 0.148. The van der Waals surface area contributed by atoms with Gasteiger partial charge in [0.05, 0.1) is 11.8 Å². The first-order valence-electron chi connectivity index (χ1n) is 8.86. The summed E-state index contributed by atoms with van der Waals surface area (Å²) < 4.78 is 12.8. The lowest BCUT2D eigenvalue weighted by Crippen LogP contribution is -2.29. The number of carbonyl (C=O) groups is 1. The van der Waals surface area contributed by atoms with Gasteiger partial charge in [-0.15, -0.1) is 0 Å². The predicted molar refractivity (Wildman–Crippen MR) is 99.3 cm³/mol. The molecular weight excluding hydrogens is 348 g/mol. The normalized spacial score (nSPS) is 21.6. The number of esters is 1. The van der Waals surface area contributed by atoms with Crippen molar-refractivity contribution in [3.8, 4) is 6.07 Å². The van der Waals surface area contributed by atoms with Crippen LogP contribution in [0.4, 0.5) is 5.82 Å². The molecule has 146 valence electrons. The van der Waals surface area contributed by atoms with Crippen LogP contribution in [-0.2, 0) is 19.9 Å². The highest BCUT2D eigenvalue weighted by molar-refractivity contribution is 5.69. The monoisotopic (exact) mass is 374 g/mol.